The van der Waals surface area contributed by atoms with Crippen molar-refractivity contribution in [3.05, 3.63) is 58.4 Å². The topological polar surface area (TPSA) is 76.3 Å². The van der Waals surface area contributed by atoms with Crippen LogP contribution in [0.15, 0.2) is 42.7 Å². The predicted octanol–water partition coefficient (Wildman–Crippen LogP) is 3.89. The van der Waals surface area contributed by atoms with E-state index in [-0.39, 0.29) is 17.0 Å². The van der Waals surface area contributed by atoms with Gasteiger partial charge in [0.15, 0.2) is 0 Å². The van der Waals surface area contributed by atoms with Crippen LogP contribution in [0.25, 0.3) is 11.1 Å². The number of hydrogen-bond acceptors (Lipinski definition) is 5. The molecule has 1 aliphatic heterocycles. The quantitative estimate of drug-likeness (QED) is 0.599. The van der Waals surface area contributed by atoms with E-state index in [0.717, 1.165) is 16.7 Å². The van der Waals surface area contributed by atoms with Gasteiger partial charge in [0, 0.05) is 36.6 Å². The van der Waals surface area contributed by atoms with Crippen molar-refractivity contribution in [3.8, 4) is 11.1 Å². The summed E-state index contributed by atoms with van der Waals surface area (Å²) >= 11 is 1.60. The zero-order valence-electron chi connectivity index (χ0n) is 14.1. The molecule has 0 saturated carbocycles. The molecule has 7 heteroatoms. The lowest BCUT2D eigenvalue weighted by Crippen LogP contribution is -2.31. The first kappa shape index (κ1) is 17.4. The third-order valence-corrected chi connectivity index (χ3v) is 5.27. The first-order valence-electron chi connectivity index (χ1n) is 8.07. The number of aromatic nitrogens is 1. The van der Waals surface area contributed by atoms with Crippen LogP contribution in [0.1, 0.15) is 24.8 Å². The first-order valence-corrected chi connectivity index (χ1v) is 9.12. The number of rotatable bonds is 5. The summed E-state index contributed by atoms with van der Waals surface area (Å²) in [4.78, 5) is 28.9. The molecule has 0 N–H and O–H groups in total. The molecule has 2 heterocycles. The summed E-state index contributed by atoms with van der Waals surface area (Å²) in [5.74, 6) is 0.984. The molecule has 0 aliphatic carbocycles. The average Bonchev–Trinajstić information content (AvgIpc) is 2.95. The normalized spacial score (nSPS) is 17.3. The number of hydrogen-bond donors (Lipinski definition) is 0. The molecule has 1 aromatic carbocycles. The van der Waals surface area contributed by atoms with Gasteiger partial charge in [-0.1, -0.05) is 13.8 Å². The van der Waals surface area contributed by atoms with E-state index in [1.54, 1.807) is 36.3 Å². The second-order valence-corrected chi connectivity index (χ2v) is 7.44. The van der Waals surface area contributed by atoms with E-state index in [0.29, 0.717) is 18.2 Å². The number of carbonyl (C=O) groups excluding carboxylic acids is 1. The third kappa shape index (κ3) is 3.66. The number of carbonyl (C=O) groups is 1. The highest BCUT2D eigenvalue weighted by molar-refractivity contribution is 8.00. The van der Waals surface area contributed by atoms with E-state index in [1.165, 1.54) is 12.1 Å². The Balaban J connectivity index is 1.98. The molecule has 0 spiro atoms. The van der Waals surface area contributed by atoms with E-state index in [2.05, 4.69) is 18.8 Å². The molecule has 0 bridgehead atoms. The third-order valence-electron chi connectivity index (χ3n) is 4.04. The number of pyridine rings is 1. The van der Waals surface area contributed by atoms with Gasteiger partial charge in [-0.15, -0.1) is 11.8 Å². The minimum atomic E-state index is -0.410. The Bertz CT molecular complexity index is 792. The molecule has 3 rings (SSSR count). The highest BCUT2D eigenvalue weighted by atomic mass is 32.2. The van der Waals surface area contributed by atoms with Crippen molar-refractivity contribution in [2.24, 2.45) is 5.92 Å². The van der Waals surface area contributed by atoms with Crippen molar-refractivity contribution in [2.45, 2.75) is 19.2 Å². The Morgan fingerprint density at radius 3 is 2.68 bits per heavy atom. The number of nitrogens with zero attached hydrogens (tertiary/aromatic N) is 3. The number of benzene rings is 1. The van der Waals surface area contributed by atoms with E-state index < -0.39 is 4.92 Å². The summed E-state index contributed by atoms with van der Waals surface area (Å²) < 4.78 is 0. The van der Waals surface area contributed by atoms with Crippen LogP contribution < -0.4 is 0 Å². The van der Waals surface area contributed by atoms with Crippen LogP contribution in [0.4, 0.5) is 5.69 Å². The van der Waals surface area contributed by atoms with Gasteiger partial charge in [-0.25, -0.2) is 0 Å². The Hall–Kier alpha value is -2.41. The van der Waals surface area contributed by atoms with Crippen LogP contribution in [0.2, 0.25) is 0 Å². The molecule has 1 saturated heterocycles. The lowest BCUT2D eigenvalue weighted by atomic mass is 10.0. The van der Waals surface area contributed by atoms with Crippen LogP contribution in [-0.2, 0) is 4.79 Å². The molecule has 6 nitrogen and oxygen atoms in total. The Labute approximate surface area is 150 Å². The van der Waals surface area contributed by atoms with Gasteiger partial charge in [-0.3, -0.25) is 19.9 Å². The molecule has 1 atom stereocenters. The van der Waals surface area contributed by atoms with Gasteiger partial charge in [-0.2, -0.15) is 0 Å². The minimum absolute atomic E-state index is 0.0613. The lowest BCUT2D eigenvalue weighted by molar-refractivity contribution is -0.384. The molecule has 2 aromatic rings. The van der Waals surface area contributed by atoms with Gasteiger partial charge >= 0.3 is 0 Å². The monoisotopic (exact) mass is 357 g/mol. The molecule has 25 heavy (non-hydrogen) atoms. The van der Waals surface area contributed by atoms with Crippen molar-refractivity contribution in [1.82, 2.24) is 9.88 Å². The SMILES string of the molecule is CC(C)CN1C(=O)CSC1c1cnccc1-c1ccc([N+](=O)[O-])cc1. The fourth-order valence-corrected chi connectivity index (χ4v) is 4.15. The maximum absolute atomic E-state index is 12.3. The largest absolute Gasteiger partial charge is 0.325 e. The summed E-state index contributed by atoms with van der Waals surface area (Å²) in [6.45, 7) is 4.88. The first-order chi connectivity index (χ1) is 12.0. The zero-order valence-corrected chi connectivity index (χ0v) is 14.9. The standard InChI is InChI=1S/C18H19N3O3S/c1-12(2)10-20-17(22)11-25-18(20)16-9-19-8-7-15(16)13-3-5-14(6-4-13)21(23)24/h3-9,12,18H,10-11H2,1-2H3. The Morgan fingerprint density at radius 2 is 2.04 bits per heavy atom. The molecule has 1 fully saturated rings. The van der Waals surface area contributed by atoms with Crippen molar-refractivity contribution in [1.29, 1.82) is 0 Å². The summed E-state index contributed by atoms with van der Waals surface area (Å²) in [6, 6.07) is 8.38. The molecule has 1 amide bonds. The summed E-state index contributed by atoms with van der Waals surface area (Å²) in [5.41, 5.74) is 2.86. The number of nitro groups is 1. The van der Waals surface area contributed by atoms with Gasteiger partial charge in [-0.05, 0) is 35.2 Å². The van der Waals surface area contributed by atoms with E-state index >= 15 is 0 Å². The van der Waals surface area contributed by atoms with Gasteiger partial charge in [0.1, 0.15) is 5.37 Å². The summed E-state index contributed by atoms with van der Waals surface area (Å²) in [6.07, 6.45) is 3.49. The second-order valence-electron chi connectivity index (χ2n) is 6.37. The molecular weight excluding hydrogens is 338 g/mol. The van der Waals surface area contributed by atoms with Gasteiger partial charge < -0.3 is 4.90 Å². The fraction of sp³-hybridized carbons (Fsp3) is 0.333. The minimum Gasteiger partial charge on any atom is -0.325 e. The van der Waals surface area contributed by atoms with Crippen LogP contribution >= 0.6 is 11.8 Å². The summed E-state index contributed by atoms with van der Waals surface area (Å²) in [5, 5.41) is 10.8. The highest BCUT2D eigenvalue weighted by Gasteiger charge is 2.34. The van der Waals surface area contributed by atoms with E-state index in [9.17, 15) is 14.9 Å². The summed E-state index contributed by atoms with van der Waals surface area (Å²) in [7, 11) is 0. The molecule has 130 valence electrons. The number of non-ortho nitro benzene ring substituents is 1. The van der Waals surface area contributed by atoms with Gasteiger partial charge in [0.25, 0.3) is 5.69 Å². The van der Waals surface area contributed by atoms with Crippen molar-refractivity contribution >= 4 is 23.4 Å². The smallest absolute Gasteiger partial charge is 0.269 e. The zero-order chi connectivity index (χ0) is 18.0. The molecule has 1 aromatic heterocycles. The average molecular weight is 357 g/mol. The number of thioether (sulfide) groups is 1. The van der Waals surface area contributed by atoms with Crippen LogP contribution in [0, 0.1) is 16.0 Å². The van der Waals surface area contributed by atoms with Gasteiger partial charge in [0.05, 0.1) is 10.7 Å². The Kier molecular flexibility index (Phi) is 5.03. The second kappa shape index (κ2) is 7.23. The number of amides is 1. The molecule has 1 aliphatic rings. The highest BCUT2D eigenvalue weighted by Crippen LogP contribution is 2.42. The predicted molar refractivity (Wildman–Crippen MR) is 98.1 cm³/mol. The molecule has 1 unspecified atom stereocenters. The van der Waals surface area contributed by atoms with E-state index in [1.807, 2.05) is 11.0 Å². The fourth-order valence-electron chi connectivity index (χ4n) is 2.93. The lowest BCUT2D eigenvalue weighted by Gasteiger charge is -2.27. The van der Waals surface area contributed by atoms with Crippen molar-refractivity contribution < 1.29 is 9.72 Å². The maximum Gasteiger partial charge on any atom is 0.269 e. The van der Waals surface area contributed by atoms with Crippen LogP contribution in [0.3, 0.4) is 0 Å². The van der Waals surface area contributed by atoms with Crippen LogP contribution in [0.5, 0.6) is 0 Å². The van der Waals surface area contributed by atoms with Crippen molar-refractivity contribution in [2.75, 3.05) is 12.3 Å². The van der Waals surface area contributed by atoms with Crippen molar-refractivity contribution in [3.63, 3.8) is 0 Å². The van der Waals surface area contributed by atoms with Gasteiger partial charge in [0.2, 0.25) is 5.91 Å². The van der Waals surface area contributed by atoms with E-state index in [4.69, 9.17) is 0 Å². The Morgan fingerprint density at radius 1 is 1.32 bits per heavy atom. The maximum atomic E-state index is 12.3. The van der Waals surface area contributed by atoms with Crippen LogP contribution in [-0.4, -0.2) is 33.0 Å². The molecular formula is C18H19N3O3S. The molecule has 0 radical (unpaired) electrons. The number of nitro benzene ring substituents is 1.